The molecule has 1 unspecified atom stereocenters. The third kappa shape index (κ3) is 7.07. The molecular weight excluding hydrogens is 260 g/mol. The fourth-order valence-electron chi connectivity index (χ4n) is 2.47. The minimum Gasteiger partial charge on any atom is -0.388 e. The molecule has 1 atom stereocenters. The van der Waals surface area contributed by atoms with Gasteiger partial charge in [0.2, 0.25) is 0 Å². The van der Waals surface area contributed by atoms with E-state index in [2.05, 4.69) is 43.1 Å². The van der Waals surface area contributed by atoms with Crippen molar-refractivity contribution >= 4 is 0 Å². The molecule has 0 aliphatic heterocycles. The van der Waals surface area contributed by atoms with Gasteiger partial charge in [0.1, 0.15) is 0 Å². The Morgan fingerprint density at radius 1 is 1.05 bits per heavy atom. The first-order valence-corrected chi connectivity index (χ1v) is 8.41. The van der Waals surface area contributed by atoms with Crippen LogP contribution in [0.5, 0.6) is 0 Å². The van der Waals surface area contributed by atoms with E-state index in [0.717, 1.165) is 51.1 Å². The van der Waals surface area contributed by atoms with E-state index in [4.69, 9.17) is 0 Å². The van der Waals surface area contributed by atoms with E-state index in [-0.39, 0.29) is 6.10 Å². The lowest BCUT2D eigenvalue weighted by atomic mass is 10.0. The van der Waals surface area contributed by atoms with Crippen molar-refractivity contribution in [3.05, 3.63) is 35.4 Å². The SMILES string of the molecule is CCc1ccc(C(O)CCNCCCN(CC)CC)cc1. The maximum atomic E-state index is 10.2. The normalized spacial score (nSPS) is 12.8. The molecule has 0 aromatic heterocycles. The summed E-state index contributed by atoms with van der Waals surface area (Å²) in [6, 6.07) is 8.31. The van der Waals surface area contributed by atoms with Gasteiger partial charge in [0.25, 0.3) is 0 Å². The third-order valence-electron chi connectivity index (χ3n) is 4.09. The summed E-state index contributed by atoms with van der Waals surface area (Å²) < 4.78 is 0. The van der Waals surface area contributed by atoms with Crippen LogP contribution in [0, 0.1) is 0 Å². The van der Waals surface area contributed by atoms with Gasteiger partial charge in [-0.1, -0.05) is 45.0 Å². The second-order valence-corrected chi connectivity index (χ2v) is 5.53. The standard InChI is InChI=1S/C18H32N2O/c1-4-16-8-10-17(11-9-16)18(21)12-14-19-13-7-15-20(5-2)6-3/h8-11,18-19,21H,4-7,12-15H2,1-3H3. The minimum atomic E-state index is -0.355. The lowest BCUT2D eigenvalue weighted by molar-refractivity contribution is 0.166. The summed E-state index contributed by atoms with van der Waals surface area (Å²) in [6.45, 7) is 11.9. The summed E-state index contributed by atoms with van der Waals surface area (Å²) in [7, 11) is 0. The zero-order valence-electron chi connectivity index (χ0n) is 13.9. The van der Waals surface area contributed by atoms with Crippen LogP contribution in [0.4, 0.5) is 0 Å². The maximum absolute atomic E-state index is 10.2. The van der Waals surface area contributed by atoms with Crippen LogP contribution in [0.2, 0.25) is 0 Å². The number of hydrogen-bond donors (Lipinski definition) is 2. The summed E-state index contributed by atoms with van der Waals surface area (Å²) in [5.41, 5.74) is 2.35. The van der Waals surface area contributed by atoms with E-state index in [1.54, 1.807) is 0 Å². The van der Waals surface area contributed by atoms with Crippen LogP contribution in [0.15, 0.2) is 24.3 Å². The van der Waals surface area contributed by atoms with Crippen LogP contribution < -0.4 is 5.32 Å². The van der Waals surface area contributed by atoms with E-state index in [9.17, 15) is 5.11 Å². The predicted octanol–water partition coefficient (Wildman–Crippen LogP) is 2.99. The largest absolute Gasteiger partial charge is 0.388 e. The summed E-state index contributed by atoms with van der Waals surface area (Å²) in [5, 5.41) is 13.6. The van der Waals surface area contributed by atoms with Gasteiger partial charge >= 0.3 is 0 Å². The zero-order valence-corrected chi connectivity index (χ0v) is 13.9. The molecular formula is C18H32N2O. The van der Waals surface area contributed by atoms with Gasteiger partial charge in [0.15, 0.2) is 0 Å². The number of aliphatic hydroxyl groups excluding tert-OH is 1. The topological polar surface area (TPSA) is 35.5 Å². The van der Waals surface area contributed by atoms with E-state index in [1.165, 1.54) is 12.0 Å². The third-order valence-corrected chi connectivity index (χ3v) is 4.09. The highest BCUT2D eigenvalue weighted by Gasteiger charge is 2.06. The van der Waals surface area contributed by atoms with Gasteiger partial charge in [0.05, 0.1) is 6.10 Å². The van der Waals surface area contributed by atoms with Gasteiger partial charge in [-0.25, -0.2) is 0 Å². The van der Waals surface area contributed by atoms with Gasteiger partial charge in [-0.05, 0) is 63.1 Å². The van der Waals surface area contributed by atoms with Crippen LogP contribution in [0.3, 0.4) is 0 Å². The van der Waals surface area contributed by atoms with Crippen molar-refractivity contribution in [3.8, 4) is 0 Å². The molecule has 0 saturated carbocycles. The van der Waals surface area contributed by atoms with Crippen molar-refractivity contribution in [2.45, 2.75) is 46.1 Å². The van der Waals surface area contributed by atoms with Crippen LogP contribution in [0.25, 0.3) is 0 Å². The maximum Gasteiger partial charge on any atom is 0.0802 e. The van der Waals surface area contributed by atoms with Crippen LogP contribution in [-0.2, 0) is 6.42 Å². The second-order valence-electron chi connectivity index (χ2n) is 5.53. The van der Waals surface area contributed by atoms with Crippen LogP contribution in [0.1, 0.15) is 50.8 Å². The molecule has 2 N–H and O–H groups in total. The number of nitrogens with zero attached hydrogens (tertiary/aromatic N) is 1. The first-order valence-electron chi connectivity index (χ1n) is 8.41. The second kappa shape index (κ2) is 10.8. The van der Waals surface area contributed by atoms with E-state index in [1.807, 2.05) is 12.1 Å². The molecule has 0 amide bonds. The Morgan fingerprint density at radius 3 is 2.29 bits per heavy atom. The molecule has 3 heteroatoms. The Balaban J connectivity index is 2.14. The monoisotopic (exact) mass is 292 g/mol. The zero-order chi connectivity index (χ0) is 15.5. The molecule has 120 valence electrons. The van der Waals surface area contributed by atoms with Crippen molar-refractivity contribution in [2.75, 3.05) is 32.7 Å². The smallest absolute Gasteiger partial charge is 0.0802 e. The number of rotatable bonds is 11. The van der Waals surface area contributed by atoms with Gasteiger partial charge in [-0.3, -0.25) is 0 Å². The Hall–Kier alpha value is -0.900. The highest BCUT2D eigenvalue weighted by Crippen LogP contribution is 2.16. The molecule has 0 spiro atoms. The summed E-state index contributed by atoms with van der Waals surface area (Å²) >= 11 is 0. The number of aliphatic hydroxyl groups is 1. The molecule has 0 aliphatic rings. The quantitative estimate of drug-likeness (QED) is 0.616. The van der Waals surface area contributed by atoms with Crippen molar-refractivity contribution < 1.29 is 5.11 Å². The fraction of sp³-hybridized carbons (Fsp3) is 0.667. The van der Waals surface area contributed by atoms with Gasteiger partial charge in [0, 0.05) is 0 Å². The minimum absolute atomic E-state index is 0.355. The highest BCUT2D eigenvalue weighted by molar-refractivity contribution is 5.24. The highest BCUT2D eigenvalue weighted by atomic mass is 16.3. The molecule has 0 heterocycles. The number of hydrogen-bond acceptors (Lipinski definition) is 3. The van der Waals surface area contributed by atoms with E-state index in [0.29, 0.717) is 0 Å². The molecule has 0 fully saturated rings. The number of nitrogens with one attached hydrogen (secondary N) is 1. The number of benzene rings is 1. The van der Waals surface area contributed by atoms with Crippen molar-refractivity contribution in [2.24, 2.45) is 0 Å². The summed E-state index contributed by atoms with van der Waals surface area (Å²) in [5.74, 6) is 0. The van der Waals surface area contributed by atoms with Crippen molar-refractivity contribution in [1.29, 1.82) is 0 Å². The lowest BCUT2D eigenvalue weighted by Crippen LogP contribution is -2.27. The molecule has 3 nitrogen and oxygen atoms in total. The predicted molar refractivity (Wildman–Crippen MR) is 90.7 cm³/mol. The van der Waals surface area contributed by atoms with Crippen molar-refractivity contribution in [1.82, 2.24) is 10.2 Å². The average Bonchev–Trinajstić information content (AvgIpc) is 2.54. The van der Waals surface area contributed by atoms with Gasteiger partial charge < -0.3 is 15.3 Å². The average molecular weight is 292 g/mol. The summed E-state index contributed by atoms with van der Waals surface area (Å²) in [4.78, 5) is 2.44. The summed E-state index contributed by atoms with van der Waals surface area (Å²) in [6.07, 6.45) is 2.63. The van der Waals surface area contributed by atoms with E-state index >= 15 is 0 Å². The Morgan fingerprint density at radius 2 is 1.71 bits per heavy atom. The van der Waals surface area contributed by atoms with Crippen LogP contribution in [-0.4, -0.2) is 42.7 Å². The fourth-order valence-corrected chi connectivity index (χ4v) is 2.47. The molecule has 0 radical (unpaired) electrons. The molecule has 1 aromatic carbocycles. The molecule has 0 bridgehead atoms. The molecule has 1 aromatic rings. The van der Waals surface area contributed by atoms with Gasteiger partial charge in [-0.15, -0.1) is 0 Å². The molecule has 0 saturated heterocycles. The first-order chi connectivity index (χ1) is 10.2. The Labute approximate surface area is 130 Å². The number of aryl methyl sites for hydroxylation is 1. The first kappa shape index (κ1) is 18.1. The van der Waals surface area contributed by atoms with Crippen LogP contribution >= 0.6 is 0 Å². The molecule has 0 aliphatic carbocycles. The Kier molecular flexibility index (Phi) is 9.31. The Bertz CT molecular complexity index is 360. The molecule has 21 heavy (non-hydrogen) atoms. The molecule has 1 rings (SSSR count). The lowest BCUT2D eigenvalue weighted by Gasteiger charge is -2.18. The van der Waals surface area contributed by atoms with Gasteiger partial charge in [-0.2, -0.15) is 0 Å². The van der Waals surface area contributed by atoms with E-state index < -0.39 is 0 Å². The van der Waals surface area contributed by atoms with Crippen molar-refractivity contribution in [3.63, 3.8) is 0 Å².